The molecule has 1 heterocycles. The number of piperidine rings is 1. The summed E-state index contributed by atoms with van der Waals surface area (Å²) in [5.41, 5.74) is 0. The predicted molar refractivity (Wildman–Crippen MR) is 57.3 cm³/mol. The van der Waals surface area contributed by atoms with Crippen LogP contribution in [0.4, 0.5) is 0 Å². The van der Waals surface area contributed by atoms with Gasteiger partial charge in [-0.2, -0.15) is 0 Å². The molecule has 0 spiro atoms. The zero-order valence-corrected chi connectivity index (χ0v) is 9.14. The van der Waals surface area contributed by atoms with Gasteiger partial charge < -0.3 is 16.0 Å². The first-order valence-corrected chi connectivity index (χ1v) is 5.52. The van der Waals surface area contributed by atoms with Gasteiger partial charge in [-0.1, -0.05) is 0 Å². The van der Waals surface area contributed by atoms with E-state index in [0.29, 0.717) is 19.5 Å². The van der Waals surface area contributed by atoms with Gasteiger partial charge in [0.1, 0.15) is 0 Å². The Hall–Kier alpha value is -1.10. The molecule has 0 aromatic heterocycles. The van der Waals surface area contributed by atoms with E-state index in [1.54, 1.807) is 0 Å². The van der Waals surface area contributed by atoms with Crippen molar-refractivity contribution in [3.63, 3.8) is 0 Å². The highest BCUT2D eigenvalue weighted by Crippen LogP contribution is 2.02. The minimum absolute atomic E-state index is 0.0289. The summed E-state index contributed by atoms with van der Waals surface area (Å²) in [6.45, 7) is 3.87. The molecule has 0 aromatic carbocycles. The molecule has 1 fully saturated rings. The molecule has 86 valence electrons. The molecule has 0 radical (unpaired) electrons. The molecule has 1 aliphatic heterocycles. The molecule has 1 rings (SSSR count). The molecule has 15 heavy (non-hydrogen) atoms. The summed E-state index contributed by atoms with van der Waals surface area (Å²) in [4.78, 5) is 22.4. The maximum absolute atomic E-state index is 11.3. The number of carbonyl (C=O) groups excluding carboxylic acids is 2. The first-order valence-electron chi connectivity index (χ1n) is 5.52. The molecule has 0 bridgehead atoms. The topological polar surface area (TPSA) is 70.2 Å². The molecule has 1 saturated heterocycles. The lowest BCUT2D eigenvalue weighted by Crippen LogP contribution is -2.48. The minimum Gasteiger partial charge on any atom is -0.356 e. The van der Waals surface area contributed by atoms with Crippen LogP contribution in [0.3, 0.4) is 0 Å². The van der Waals surface area contributed by atoms with Crippen molar-refractivity contribution in [2.24, 2.45) is 0 Å². The average molecular weight is 213 g/mol. The Bertz CT molecular complexity index is 231. The lowest BCUT2D eigenvalue weighted by molar-refractivity contribution is -0.125. The summed E-state index contributed by atoms with van der Waals surface area (Å²) >= 11 is 0. The number of carbonyl (C=O) groups is 2. The van der Waals surface area contributed by atoms with Crippen molar-refractivity contribution in [3.05, 3.63) is 0 Å². The summed E-state index contributed by atoms with van der Waals surface area (Å²) in [5, 5.41) is 8.60. The summed E-state index contributed by atoms with van der Waals surface area (Å²) in [7, 11) is 0. The monoisotopic (exact) mass is 213 g/mol. The van der Waals surface area contributed by atoms with Crippen molar-refractivity contribution in [1.82, 2.24) is 16.0 Å². The third-order valence-electron chi connectivity index (χ3n) is 2.40. The Kier molecular flexibility index (Phi) is 5.10. The third kappa shape index (κ3) is 4.29. The van der Waals surface area contributed by atoms with E-state index in [4.69, 9.17) is 0 Å². The summed E-state index contributed by atoms with van der Waals surface area (Å²) in [6.07, 6.45) is 2.30. The van der Waals surface area contributed by atoms with E-state index in [-0.39, 0.29) is 17.9 Å². The molecule has 0 aliphatic carbocycles. The first-order chi connectivity index (χ1) is 7.24. The van der Waals surface area contributed by atoms with Gasteiger partial charge in [0.25, 0.3) is 0 Å². The first kappa shape index (κ1) is 12.0. The van der Waals surface area contributed by atoms with E-state index in [2.05, 4.69) is 16.0 Å². The van der Waals surface area contributed by atoms with Gasteiger partial charge >= 0.3 is 0 Å². The summed E-state index contributed by atoms with van der Waals surface area (Å²) < 4.78 is 0. The number of nitrogens with one attached hydrogen (secondary N) is 3. The van der Waals surface area contributed by atoms with Crippen molar-refractivity contribution in [2.45, 2.75) is 32.2 Å². The van der Waals surface area contributed by atoms with Crippen LogP contribution in [0.25, 0.3) is 0 Å². The zero-order valence-electron chi connectivity index (χ0n) is 9.14. The van der Waals surface area contributed by atoms with Gasteiger partial charge in [0.2, 0.25) is 11.8 Å². The lowest BCUT2D eigenvalue weighted by Gasteiger charge is -2.22. The molecule has 0 saturated carbocycles. The highest BCUT2D eigenvalue weighted by atomic mass is 16.2. The Balaban J connectivity index is 2.13. The van der Waals surface area contributed by atoms with Crippen LogP contribution < -0.4 is 16.0 Å². The number of amides is 2. The van der Waals surface area contributed by atoms with E-state index < -0.39 is 0 Å². The van der Waals surface area contributed by atoms with Crippen LogP contribution in [-0.2, 0) is 9.59 Å². The van der Waals surface area contributed by atoms with Gasteiger partial charge in [0.15, 0.2) is 0 Å². The largest absolute Gasteiger partial charge is 0.356 e. The number of rotatable bonds is 5. The predicted octanol–water partition coefficient (Wildman–Crippen LogP) is -0.619. The van der Waals surface area contributed by atoms with E-state index >= 15 is 0 Å². The Morgan fingerprint density at radius 2 is 2.40 bits per heavy atom. The fraction of sp³-hybridized carbons (Fsp3) is 0.800. The molecule has 1 unspecified atom stereocenters. The van der Waals surface area contributed by atoms with Gasteiger partial charge in [0.05, 0.1) is 6.04 Å². The Labute approximate surface area is 90.0 Å². The second-order valence-electron chi connectivity index (χ2n) is 3.64. The number of hydrogen-bond donors (Lipinski definition) is 3. The summed E-state index contributed by atoms with van der Waals surface area (Å²) in [6, 6.07) is -0.117. The van der Waals surface area contributed by atoms with Crippen molar-refractivity contribution in [3.8, 4) is 0 Å². The standard InChI is InChI=1S/C10H19N3O2/c1-2-11-9(14)5-7-12-8-4-3-6-13-10(8)15/h8,12H,2-7H2,1H3,(H,11,14)(H,13,15). The molecule has 0 aromatic rings. The Morgan fingerprint density at radius 3 is 3.07 bits per heavy atom. The smallest absolute Gasteiger partial charge is 0.237 e. The second-order valence-corrected chi connectivity index (χ2v) is 3.64. The quantitative estimate of drug-likeness (QED) is 0.570. The van der Waals surface area contributed by atoms with Gasteiger partial charge in [0, 0.05) is 26.1 Å². The van der Waals surface area contributed by atoms with Crippen molar-refractivity contribution >= 4 is 11.8 Å². The molecule has 5 nitrogen and oxygen atoms in total. The van der Waals surface area contributed by atoms with E-state index in [9.17, 15) is 9.59 Å². The zero-order chi connectivity index (χ0) is 11.1. The highest BCUT2D eigenvalue weighted by molar-refractivity contribution is 5.82. The molecular weight excluding hydrogens is 194 g/mol. The Morgan fingerprint density at radius 1 is 1.60 bits per heavy atom. The average Bonchev–Trinajstić information content (AvgIpc) is 2.21. The van der Waals surface area contributed by atoms with Crippen LogP contribution in [-0.4, -0.2) is 37.5 Å². The van der Waals surface area contributed by atoms with Crippen molar-refractivity contribution < 1.29 is 9.59 Å². The van der Waals surface area contributed by atoms with Gasteiger partial charge in [-0.05, 0) is 19.8 Å². The van der Waals surface area contributed by atoms with Crippen LogP contribution >= 0.6 is 0 Å². The van der Waals surface area contributed by atoms with E-state index in [1.165, 1.54) is 0 Å². The number of hydrogen-bond acceptors (Lipinski definition) is 3. The van der Waals surface area contributed by atoms with E-state index in [0.717, 1.165) is 19.4 Å². The molecule has 2 amide bonds. The van der Waals surface area contributed by atoms with Crippen LogP contribution in [0, 0.1) is 0 Å². The van der Waals surface area contributed by atoms with Crippen molar-refractivity contribution in [1.29, 1.82) is 0 Å². The normalized spacial score (nSPS) is 20.9. The highest BCUT2D eigenvalue weighted by Gasteiger charge is 2.20. The van der Waals surface area contributed by atoms with Gasteiger partial charge in [-0.15, -0.1) is 0 Å². The third-order valence-corrected chi connectivity index (χ3v) is 2.40. The van der Waals surface area contributed by atoms with Gasteiger partial charge in [-0.25, -0.2) is 0 Å². The van der Waals surface area contributed by atoms with Crippen LogP contribution in [0.15, 0.2) is 0 Å². The lowest BCUT2D eigenvalue weighted by atomic mass is 10.1. The van der Waals surface area contributed by atoms with Gasteiger partial charge in [-0.3, -0.25) is 9.59 Å². The molecule has 3 N–H and O–H groups in total. The van der Waals surface area contributed by atoms with Crippen LogP contribution in [0.1, 0.15) is 26.2 Å². The van der Waals surface area contributed by atoms with Crippen LogP contribution in [0.5, 0.6) is 0 Å². The molecule has 5 heteroatoms. The van der Waals surface area contributed by atoms with Crippen LogP contribution in [0.2, 0.25) is 0 Å². The molecular formula is C10H19N3O2. The fourth-order valence-electron chi connectivity index (χ4n) is 1.61. The molecule has 1 atom stereocenters. The maximum atomic E-state index is 11.3. The minimum atomic E-state index is -0.117. The van der Waals surface area contributed by atoms with Crippen molar-refractivity contribution in [2.75, 3.05) is 19.6 Å². The second kappa shape index (κ2) is 6.40. The molecule has 1 aliphatic rings. The fourth-order valence-corrected chi connectivity index (χ4v) is 1.61. The van der Waals surface area contributed by atoms with E-state index in [1.807, 2.05) is 6.92 Å². The maximum Gasteiger partial charge on any atom is 0.237 e. The SMILES string of the molecule is CCNC(=O)CCNC1CCCNC1=O. The summed E-state index contributed by atoms with van der Waals surface area (Å²) in [5.74, 6) is 0.0818.